The average Bonchev–Trinajstić information content (AvgIpc) is 3.05. The number of benzene rings is 1. The third kappa shape index (κ3) is 2.09. The molecule has 20 heavy (non-hydrogen) atoms. The molecule has 0 aliphatic carbocycles. The first-order valence-electron chi connectivity index (χ1n) is 6.42. The lowest BCUT2D eigenvalue weighted by Gasteiger charge is -2.06. The van der Waals surface area contributed by atoms with Gasteiger partial charge in [0.15, 0.2) is 11.5 Å². The summed E-state index contributed by atoms with van der Waals surface area (Å²) < 4.78 is 12.3. The van der Waals surface area contributed by atoms with Crippen LogP contribution in [0.3, 0.4) is 0 Å². The number of hydrogen-bond acceptors (Lipinski definition) is 4. The van der Waals surface area contributed by atoms with Crippen LogP contribution in [0.5, 0.6) is 11.5 Å². The zero-order valence-corrected chi connectivity index (χ0v) is 11.3. The number of aryl methyl sites for hydroxylation is 1. The minimum Gasteiger partial charge on any atom is -0.454 e. The molecule has 0 unspecified atom stereocenters. The predicted molar refractivity (Wildman–Crippen MR) is 73.2 cm³/mol. The molecule has 6 nitrogen and oxygen atoms in total. The molecule has 0 radical (unpaired) electrons. The lowest BCUT2D eigenvalue weighted by Crippen LogP contribution is -2.12. The molecule has 0 saturated carbocycles. The van der Waals surface area contributed by atoms with E-state index in [0.29, 0.717) is 17.1 Å². The van der Waals surface area contributed by atoms with Crippen molar-refractivity contribution >= 4 is 11.6 Å². The van der Waals surface area contributed by atoms with Crippen LogP contribution in [-0.2, 0) is 6.54 Å². The van der Waals surface area contributed by atoms with Crippen molar-refractivity contribution in [2.45, 2.75) is 20.4 Å². The van der Waals surface area contributed by atoms with Crippen molar-refractivity contribution in [3.05, 3.63) is 35.7 Å². The van der Waals surface area contributed by atoms with Crippen molar-refractivity contribution in [1.29, 1.82) is 0 Å². The fraction of sp³-hybridized carbons (Fsp3) is 0.286. The van der Waals surface area contributed by atoms with Gasteiger partial charge < -0.3 is 14.8 Å². The number of fused-ring (bicyclic) bond motifs is 1. The number of nitrogens with zero attached hydrogens (tertiary/aromatic N) is 2. The molecular formula is C14H15N3O3. The molecule has 1 aromatic carbocycles. The van der Waals surface area contributed by atoms with Crippen molar-refractivity contribution in [2.75, 3.05) is 12.1 Å². The molecule has 1 aliphatic heterocycles. The number of nitrogens with one attached hydrogen (secondary N) is 1. The number of carbonyl (C=O) groups is 1. The van der Waals surface area contributed by atoms with E-state index in [1.54, 1.807) is 24.4 Å². The molecule has 1 aromatic heterocycles. The molecule has 0 spiro atoms. The number of amides is 1. The summed E-state index contributed by atoms with van der Waals surface area (Å²) in [7, 11) is 0. The Labute approximate surface area is 116 Å². The van der Waals surface area contributed by atoms with Gasteiger partial charge in [-0.05, 0) is 32.0 Å². The van der Waals surface area contributed by atoms with Crippen LogP contribution >= 0.6 is 0 Å². The summed E-state index contributed by atoms with van der Waals surface area (Å²) >= 11 is 0. The highest BCUT2D eigenvalue weighted by atomic mass is 16.7. The van der Waals surface area contributed by atoms with Crippen molar-refractivity contribution < 1.29 is 14.3 Å². The number of aromatic nitrogens is 2. The maximum absolute atomic E-state index is 12.2. The van der Waals surface area contributed by atoms with Gasteiger partial charge in [-0.25, -0.2) is 0 Å². The summed E-state index contributed by atoms with van der Waals surface area (Å²) in [6, 6.07) is 5.12. The second-order valence-corrected chi connectivity index (χ2v) is 4.48. The topological polar surface area (TPSA) is 65.4 Å². The average molecular weight is 273 g/mol. The molecular weight excluding hydrogens is 258 g/mol. The van der Waals surface area contributed by atoms with Gasteiger partial charge in [0.2, 0.25) is 6.79 Å². The smallest absolute Gasteiger partial charge is 0.255 e. The predicted octanol–water partition coefficient (Wildman–Crippen LogP) is 2.19. The molecule has 0 saturated heterocycles. The number of rotatable bonds is 3. The van der Waals surface area contributed by atoms with E-state index < -0.39 is 0 Å². The fourth-order valence-electron chi connectivity index (χ4n) is 2.12. The first-order valence-corrected chi connectivity index (χ1v) is 6.42. The monoisotopic (exact) mass is 273 g/mol. The Morgan fingerprint density at radius 1 is 1.40 bits per heavy atom. The molecule has 0 bridgehead atoms. The number of anilines is 1. The van der Waals surface area contributed by atoms with Gasteiger partial charge >= 0.3 is 0 Å². The van der Waals surface area contributed by atoms with Crippen LogP contribution in [0.2, 0.25) is 0 Å². The third-order valence-electron chi connectivity index (χ3n) is 3.29. The van der Waals surface area contributed by atoms with Crippen LogP contribution in [0.4, 0.5) is 5.69 Å². The highest BCUT2D eigenvalue weighted by Crippen LogP contribution is 2.32. The first kappa shape index (κ1) is 12.5. The largest absolute Gasteiger partial charge is 0.454 e. The molecule has 2 heterocycles. The lowest BCUT2D eigenvalue weighted by atomic mass is 10.2. The highest BCUT2D eigenvalue weighted by molar-refractivity contribution is 6.04. The molecule has 1 N–H and O–H groups in total. The zero-order valence-electron chi connectivity index (χ0n) is 11.3. The van der Waals surface area contributed by atoms with Gasteiger partial charge in [-0.1, -0.05) is 0 Å². The fourth-order valence-corrected chi connectivity index (χ4v) is 2.12. The van der Waals surface area contributed by atoms with Crippen LogP contribution < -0.4 is 14.8 Å². The number of hydrogen-bond donors (Lipinski definition) is 1. The maximum atomic E-state index is 12.2. The quantitative estimate of drug-likeness (QED) is 0.931. The Kier molecular flexibility index (Phi) is 3.06. The summed E-state index contributed by atoms with van der Waals surface area (Å²) in [5.41, 5.74) is 2.18. The molecule has 1 aliphatic rings. The van der Waals surface area contributed by atoms with Gasteiger partial charge in [-0.2, -0.15) is 5.10 Å². The van der Waals surface area contributed by atoms with Crippen molar-refractivity contribution in [3.63, 3.8) is 0 Å². The minimum absolute atomic E-state index is 0.193. The van der Waals surface area contributed by atoms with E-state index in [1.807, 2.05) is 18.5 Å². The Morgan fingerprint density at radius 3 is 2.95 bits per heavy atom. The standard InChI is InChI=1S/C14H15N3O3/c1-3-17-9(2)11(7-15-17)16-14(18)10-4-5-12-13(6-10)20-8-19-12/h4-7H,3,8H2,1-2H3,(H,16,18). The van der Waals surface area contributed by atoms with E-state index in [4.69, 9.17) is 9.47 Å². The van der Waals surface area contributed by atoms with Crippen LogP contribution in [0.15, 0.2) is 24.4 Å². The first-order chi connectivity index (χ1) is 9.69. The van der Waals surface area contributed by atoms with Gasteiger partial charge in [0.25, 0.3) is 5.91 Å². The zero-order chi connectivity index (χ0) is 14.1. The second-order valence-electron chi connectivity index (χ2n) is 4.48. The SMILES string of the molecule is CCn1ncc(NC(=O)c2ccc3c(c2)OCO3)c1C. The molecule has 6 heteroatoms. The van der Waals surface area contributed by atoms with Crippen LogP contribution in [0.25, 0.3) is 0 Å². The summed E-state index contributed by atoms with van der Waals surface area (Å²) in [6.07, 6.45) is 1.66. The third-order valence-corrected chi connectivity index (χ3v) is 3.29. The molecule has 1 amide bonds. The van der Waals surface area contributed by atoms with Gasteiger partial charge in [0.1, 0.15) is 0 Å². The highest BCUT2D eigenvalue weighted by Gasteiger charge is 2.17. The van der Waals surface area contributed by atoms with E-state index in [2.05, 4.69) is 10.4 Å². The second kappa shape index (κ2) is 4.88. The van der Waals surface area contributed by atoms with Gasteiger partial charge in [-0.15, -0.1) is 0 Å². The van der Waals surface area contributed by atoms with Crippen LogP contribution in [-0.4, -0.2) is 22.5 Å². The summed E-state index contributed by atoms with van der Waals surface area (Å²) in [4.78, 5) is 12.2. The van der Waals surface area contributed by atoms with E-state index >= 15 is 0 Å². The van der Waals surface area contributed by atoms with Crippen molar-refractivity contribution in [2.24, 2.45) is 0 Å². The Hall–Kier alpha value is -2.50. The van der Waals surface area contributed by atoms with Gasteiger partial charge in [-0.3, -0.25) is 9.48 Å². The normalized spacial score (nSPS) is 12.5. The van der Waals surface area contributed by atoms with Crippen molar-refractivity contribution in [3.8, 4) is 11.5 Å². The van der Waals surface area contributed by atoms with Crippen LogP contribution in [0.1, 0.15) is 23.0 Å². The Morgan fingerprint density at radius 2 is 2.20 bits per heavy atom. The number of carbonyl (C=O) groups excluding carboxylic acids is 1. The van der Waals surface area contributed by atoms with Crippen molar-refractivity contribution in [1.82, 2.24) is 9.78 Å². The summed E-state index contributed by atoms with van der Waals surface area (Å²) in [6.45, 7) is 4.89. The van der Waals surface area contributed by atoms with E-state index in [9.17, 15) is 4.79 Å². The Balaban J connectivity index is 1.80. The molecule has 3 rings (SSSR count). The molecule has 0 fully saturated rings. The van der Waals surface area contributed by atoms with Gasteiger partial charge in [0.05, 0.1) is 17.6 Å². The molecule has 0 atom stereocenters. The summed E-state index contributed by atoms with van der Waals surface area (Å²) in [5.74, 6) is 1.07. The van der Waals surface area contributed by atoms with E-state index in [-0.39, 0.29) is 12.7 Å². The summed E-state index contributed by atoms with van der Waals surface area (Å²) in [5, 5.41) is 7.05. The van der Waals surface area contributed by atoms with E-state index in [1.165, 1.54) is 0 Å². The Bertz CT molecular complexity index is 664. The molecule has 2 aromatic rings. The minimum atomic E-state index is -0.193. The van der Waals surface area contributed by atoms with Crippen LogP contribution in [0, 0.1) is 6.92 Å². The van der Waals surface area contributed by atoms with E-state index in [0.717, 1.165) is 17.9 Å². The lowest BCUT2D eigenvalue weighted by molar-refractivity contribution is 0.102. The van der Waals surface area contributed by atoms with Gasteiger partial charge in [0, 0.05) is 12.1 Å². The number of ether oxygens (including phenoxy) is 2. The molecule has 104 valence electrons. The maximum Gasteiger partial charge on any atom is 0.255 e.